The number of benzene rings is 8. The molecule has 3 heteroatoms. The van der Waals surface area contributed by atoms with Gasteiger partial charge in [0.25, 0.3) is 0 Å². The molecule has 1 aliphatic rings. The Balaban J connectivity index is 0.000000240. The first-order chi connectivity index (χ1) is 24.0. The maximum Gasteiger partial charge on any atom is 0.137 e. The van der Waals surface area contributed by atoms with E-state index in [1.807, 2.05) is 84.9 Å². The van der Waals surface area contributed by atoms with Crippen molar-refractivity contribution in [1.82, 2.24) is 0 Å². The van der Waals surface area contributed by atoms with Crippen LogP contribution in [-0.4, -0.2) is 10.8 Å². The van der Waals surface area contributed by atoms with E-state index in [2.05, 4.69) is 111 Å². The molecule has 1 atom stereocenters. The Morgan fingerprint density at radius 1 is 0.500 bits per heavy atom. The fourth-order valence-corrected chi connectivity index (χ4v) is 6.66. The zero-order chi connectivity index (χ0) is 33.6. The van der Waals surface area contributed by atoms with Gasteiger partial charge in [0.2, 0.25) is 0 Å². The van der Waals surface area contributed by atoms with Gasteiger partial charge in [-0.25, -0.2) is 4.99 Å². The molecule has 1 aliphatic carbocycles. The minimum absolute atomic E-state index is 0. The number of fused-ring (bicyclic) bond motifs is 3. The van der Waals surface area contributed by atoms with Crippen LogP contribution in [0.3, 0.4) is 0 Å². The maximum absolute atomic E-state index is 12.5. The van der Waals surface area contributed by atoms with Crippen LogP contribution in [0.25, 0.3) is 32.3 Å². The first kappa shape index (κ1) is 34.5. The van der Waals surface area contributed by atoms with Crippen LogP contribution in [-0.2, 0) is 33.7 Å². The molecule has 0 spiro atoms. The van der Waals surface area contributed by atoms with Gasteiger partial charge in [0, 0.05) is 39.1 Å². The summed E-state index contributed by atoms with van der Waals surface area (Å²) in [6.07, 6.45) is 0.464. The van der Waals surface area contributed by atoms with Crippen molar-refractivity contribution in [2.45, 2.75) is 12.0 Å². The molecule has 0 amide bonds. The largest absolute Gasteiger partial charge is 0.378 e. The molecule has 0 aliphatic heterocycles. The van der Waals surface area contributed by atoms with Gasteiger partial charge in [-0.1, -0.05) is 127 Å². The van der Waals surface area contributed by atoms with Crippen molar-refractivity contribution in [2.75, 3.05) is 0 Å². The second kappa shape index (κ2) is 15.4. The van der Waals surface area contributed by atoms with Gasteiger partial charge in [-0.05, 0) is 44.1 Å². The first-order valence-electron chi connectivity index (χ1n) is 16.5. The van der Waals surface area contributed by atoms with Crippen LogP contribution in [0.4, 0.5) is 5.69 Å². The van der Waals surface area contributed by atoms with E-state index in [0.29, 0.717) is 12.1 Å². The van der Waals surface area contributed by atoms with Crippen LogP contribution in [0.1, 0.15) is 27.8 Å². The Labute approximate surface area is 309 Å². The van der Waals surface area contributed by atoms with Gasteiger partial charge in [-0.15, -0.1) is 24.3 Å². The third-order valence-corrected chi connectivity index (χ3v) is 8.96. The number of rotatable bonds is 3. The van der Waals surface area contributed by atoms with Gasteiger partial charge in [0.1, 0.15) is 5.60 Å². The van der Waals surface area contributed by atoms with E-state index in [9.17, 15) is 5.11 Å². The Kier molecular flexibility index (Phi) is 10.7. The summed E-state index contributed by atoms with van der Waals surface area (Å²) >= 11 is 0. The van der Waals surface area contributed by atoms with Crippen LogP contribution >= 0.6 is 0 Å². The summed E-state index contributed by atoms with van der Waals surface area (Å²) in [5, 5.41) is 19.3. The van der Waals surface area contributed by atoms with Gasteiger partial charge in [0.05, 0.1) is 11.4 Å². The summed E-state index contributed by atoms with van der Waals surface area (Å²) in [5.41, 5.74) is 5.53. The second-order valence-corrected chi connectivity index (χ2v) is 12.3. The predicted octanol–water partition coefficient (Wildman–Crippen LogP) is 11.4. The smallest absolute Gasteiger partial charge is 0.137 e. The average molecular weight is 680 g/mol. The van der Waals surface area contributed by atoms with Crippen molar-refractivity contribution < 1.29 is 26.8 Å². The molecule has 0 fully saturated rings. The molecule has 9 rings (SSSR count). The van der Waals surface area contributed by atoms with E-state index in [0.717, 1.165) is 55.0 Å². The topological polar surface area (TPSA) is 32.6 Å². The molecule has 8 aromatic rings. The SMILES string of the molecule is OC1(Cc2ccccc2)C(=Nc2cc3ccccc3c3ccccc23)c2cccc3cccc1c23.[CH2-]c1ccccc1.[CH2-]c1ccccc1.[Ti]. The molecular formula is C47H37NOTi-2. The fourth-order valence-electron chi connectivity index (χ4n) is 6.66. The Hall–Kier alpha value is -5.38. The second-order valence-electron chi connectivity index (χ2n) is 12.3. The molecule has 0 heterocycles. The fraction of sp³-hybridized carbons (Fsp3) is 0.0426. The molecule has 1 N–H and O–H groups in total. The van der Waals surface area contributed by atoms with Crippen LogP contribution in [0.2, 0.25) is 0 Å². The van der Waals surface area contributed by atoms with Crippen LogP contribution in [0.15, 0.2) is 187 Å². The number of hydrogen-bond acceptors (Lipinski definition) is 2. The Morgan fingerprint density at radius 3 is 1.60 bits per heavy atom. The predicted molar refractivity (Wildman–Crippen MR) is 207 cm³/mol. The van der Waals surface area contributed by atoms with Crippen molar-refractivity contribution in [3.8, 4) is 0 Å². The molecule has 0 radical (unpaired) electrons. The number of nitrogens with zero attached hydrogens (tertiary/aromatic N) is 1. The molecule has 2 nitrogen and oxygen atoms in total. The summed E-state index contributed by atoms with van der Waals surface area (Å²) in [5.74, 6) is 0. The first-order valence-corrected chi connectivity index (χ1v) is 16.5. The third kappa shape index (κ3) is 7.15. The van der Waals surface area contributed by atoms with E-state index in [-0.39, 0.29) is 21.7 Å². The van der Waals surface area contributed by atoms with E-state index in [1.165, 1.54) is 10.8 Å². The van der Waals surface area contributed by atoms with Gasteiger partial charge < -0.3 is 5.11 Å². The van der Waals surface area contributed by atoms with Crippen LogP contribution < -0.4 is 0 Å². The number of hydrogen-bond donors (Lipinski definition) is 1. The van der Waals surface area contributed by atoms with Gasteiger partial charge in [-0.3, -0.25) is 0 Å². The van der Waals surface area contributed by atoms with Gasteiger partial charge in [-0.2, -0.15) is 49.2 Å². The molecule has 0 saturated carbocycles. The Bertz CT molecular complexity index is 2340. The molecule has 50 heavy (non-hydrogen) atoms. The van der Waals surface area contributed by atoms with Crippen molar-refractivity contribution in [3.05, 3.63) is 224 Å². The van der Waals surface area contributed by atoms with Crippen molar-refractivity contribution in [1.29, 1.82) is 0 Å². The molecule has 8 aromatic carbocycles. The summed E-state index contributed by atoms with van der Waals surface area (Å²) in [4.78, 5) is 5.29. The van der Waals surface area contributed by atoms with Crippen molar-refractivity contribution >= 4 is 43.7 Å². The zero-order valence-corrected chi connectivity index (χ0v) is 29.4. The van der Waals surface area contributed by atoms with E-state index in [4.69, 9.17) is 4.99 Å². The number of aliphatic imine (C=N–C) groups is 1. The van der Waals surface area contributed by atoms with Gasteiger partial charge >= 0.3 is 0 Å². The van der Waals surface area contributed by atoms with Crippen molar-refractivity contribution in [3.63, 3.8) is 0 Å². The number of aliphatic hydroxyl groups is 1. The van der Waals surface area contributed by atoms with Crippen LogP contribution in [0.5, 0.6) is 0 Å². The minimum atomic E-state index is -1.22. The van der Waals surface area contributed by atoms with E-state index < -0.39 is 5.60 Å². The average Bonchev–Trinajstić information content (AvgIpc) is 3.37. The molecule has 0 bridgehead atoms. The molecular weight excluding hydrogens is 642 g/mol. The third-order valence-electron chi connectivity index (χ3n) is 8.96. The van der Waals surface area contributed by atoms with Crippen molar-refractivity contribution in [2.24, 2.45) is 4.99 Å². The van der Waals surface area contributed by atoms with Crippen LogP contribution in [0, 0.1) is 13.8 Å². The molecule has 0 aromatic heterocycles. The van der Waals surface area contributed by atoms with E-state index in [1.54, 1.807) is 0 Å². The standard InChI is InChI=1S/C33H23NO.2C7H7.Ti/c35-33(21-22-10-2-1-3-11-22)29-19-9-14-23-13-8-18-28(31(23)29)32(33)34-30-20-24-12-4-5-15-25(24)26-16-6-7-17-27(26)30;2*1-7-5-3-2-4-6-7;/h1-20,35H,21H2;2*2-6H,1H2;/q;2*-1;. The molecule has 1 unspecified atom stereocenters. The maximum atomic E-state index is 12.5. The molecule has 0 saturated heterocycles. The monoisotopic (exact) mass is 679 g/mol. The van der Waals surface area contributed by atoms with E-state index >= 15 is 0 Å². The molecule has 242 valence electrons. The summed E-state index contributed by atoms with van der Waals surface area (Å²) in [6.45, 7) is 7.44. The summed E-state index contributed by atoms with van der Waals surface area (Å²) in [7, 11) is 0. The van der Waals surface area contributed by atoms with Gasteiger partial charge in [0.15, 0.2) is 0 Å². The zero-order valence-electron chi connectivity index (χ0n) is 27.8. The quantitative estimate of drug-likeness (QED) is 0.113. The normalized spacial score (nSPS) is 15.1. The minimum Gasteiger partial charge on any atom is -0.378 e. The summed E-state index contributed by atoms with van der Waals surface area (Å²) in [6, 6.07) is 61.4. The Morgan fingerprint density at radius 2 is 1.00 bits per heavy atom. The summed E-state index contributed by atoms with van der Waals surface area (Å²) < 4.78 is 0.